The quantitative estimate of drug-likeness (QED) is 0.229. The zero-order valence-corrected chi connectivity index (χ0v) is 20.3. The number of carbonyl (C=O) groups is 3. The normalized spacial score (nSPS) is 10.3. The summed E-state index contributed by atoms with van der Waals surface area (Å²) in [5.74, 6) is -0.177. The molecule has 0 spiro atoms. The van der Waals surface area contributed by atoms with Gasteiger partial charge in [-0.1, -0.05) is 54.6 Å². The van der Waals surface area contributed by atoms with Gasteiger partial charge in [0.1, 0.15) is 5.75 Å². The average molecular weight is 495 g/mol. The van der Waals surface area contributed by atoms with Crippen LogP contribution in [-0.4, -0.2) is 24.6 Å². The van der Waals surface area contributed by atoms with Crippen LogP contribution >= 0.6 is 0 Å². The molecule has 0 aliphatic rings. The average Bonchev–Trinajstić information content (AvgIpc) is 2.93. The predicted octanol–water partition coefficient (Wildman–Crippen LogP) is 6.07. The molecule has 0 heterocycles. The molecule has 0 radical (unpaired) electrons. The standard InChI is InChI=1S/C30H26N2O5/c1-2-36-30(35)37-27-18-14-25(15-19-27)29(34)32-26-16-8-21(9-17-26)20-31-28(33)24-12-10-23(11-13-24)22-6-4-3-5-7-22/h3-19H,2,20H2,1H3,(H,31,33)(H,32,34). The third-order valence-corrected chi connectivity index (χ3v) is 5.50. The van der Waals surface area contributed by atoms with E-state index in [4.69, 9.17) is 9.47 Å². The molecule has 0 aliphatic heterocycles. The van der Waals surface area contributed by atoms with Crippen LogP contribution in [0.4, 0.5) is 10.5 Å². The maximum Gasteiger partial charge on any atom is 0.513 e. The van der Waals surface area contributed by atoms with Crippen molar-refractivity contribution in [2.45, 2.75) is 13.5 Å². The van der Waals surface area contributed by atoms with E-state index in [0.29, 0.717) is 23.4 Å². The molecule has 0 saturated heterocycles. The van der Waals surface area contributed by atoms with Crippen molar-refractivity contribution in [3.05, 3.63) is 120 Å². The lowest BCUT2D eigenvalue weighted by Crippen LogP contribution is -2.22. The second-order valence-corrected chi connectivity index (χ2v) is 8.09. The maximum absolute atomic E-state index is 12.5. The fourth-order valence-corrected chi connectivity index (χ4v) is 3.56. The van der Waals surface area contributed by atoms with Crippen LogP contribution in [0.1, 0.15) is 33.2 Å². The molecule has 2 N–H and O–H groups in total. The van der Waals surface area contributed by atoms with E-state index in [1.54, 1.807) is 31.2 Å². The van der Waals surface area contributed by atoms with Crippen molar-refractivity contribution in [1.82, 2.24) is 5.32 Å². The molecular weight excluding hydrogens is 468 g/mol. The Bertz CT molecular complexity index is 1350. The summed E-state index contributed by atoms with van der Waals surface area (Å²) in [4.78, 5) is 36.4. The van der Waals surface area contributed by atoms with Crippen molar-refractivity contribution < 1.29 is 23.9 Å². The third kappa shape index (κ3) is 7.05. The van der Waals surface area contributed by atoms with Crippen LogP contribution in [0.15, 0.2) is 103 Å². The summed E-state index contributed by atoms with van der Waals surface area (Å²) in [5.41, 5.74) is 4.65. The summed E-state index contributed by atoms with van der Waals surface area (Å²) in [7, 11) is 0. The number of amides is 2. The molecule has 4 aromatic carbocycles. The number of benzene rings is 4. The van der Waals surface area contributed by atoms with E-state index in [0.717, 1.165) is 16.7 Å². The lowest BCUT2D eigenvalue weighted by molar-refractivity contribution is 0.0949. The minimum absolute atomic E-state index is 0.160. The molecule has 0 unspecified atom stereocenters. The largest absolute Gasteiger partial charge is 0.513 e. The molecule has 0 saturated carbocycles. The first kappa shape index (κ1) is 25.2. The lowest BCUT2D eigenvalue weighted by Gasteiger charge is -2.09. The Hall–Kier alpha value is -4.91. The van der Waals surface area contributed by atoms with E-state index in [1.165, 1.54) is 12.1 Å². The van der Waals surface area contributed by atoms with Gasteiger partial charge in [-0.25, -0.2) is 4.79 Å². The molecule has 0 fully saturated rings. The summed E-state index contributed by atoms with van der Waals surface area (Å²) in [6.07, 6.45) is -0.794. The zero-order chi connectivity index (χ0) is 26.0. The van der Waals surface area contributed by atoms with Gasteiger partial charge in [0.05, 0.1) is 6.61 Å². The van der Waals surface area contributed by atoms with Gasteiger partial charge in [-0.15, -0.1) is 0 Å². The van der Waals surface area contributed by atoms with Crippen molar-refractivity contribution >= 4 is 23.7 Å². The Morgan fingerprint density at radius 3 is 1.92 bits per heavy atom. The molecule has 0 atom stereocenters. The molecule has 4 rings (SSSR count). The van der Waals surface area contributed by atoms with Crippen LogP contribution in [0.2, 0.25) is 0 Å². The first-order valence-electron chi connectivity index (χ1n) is 11.8. The maximum atomic E-state index is 12.5. The SMILES string of the molecule is CCOC(=O)Oc1ccc(C(=O)Nc2ccc(CNC(=O)c3ccc(-c4ccccc4)cc3)cc2)cc1. The van der Waals surface area contributed by atoms with Crippen LogP contribution in [0.5, 0.6) is 5.75 Å². The highest BCUT2D eigenvalue weighted by molar-refractivity contribution is 6.04. The van der Waals surface area contributed by atoms with Crippen LogP contribution < -0.4 is 15.4 Å². The fraction of sp³-hybridized carbons (Fsp3) is 0.100. The summed E-state index contributed by atoms with van der Waals surface area (Å²) >= 11 is 0. The topological polar surface area (TPSA) is 93.7 Å². The number of hydrogen-bond donors (Lipinski definition) is 2. The molecule has 37 heavy (non-hydrogen) atoms. The minimum Gasteiger partial charge on any atom is -0.434 e. The monoisotopic (exact) mass is 494 g/mol. The highest BCUT2D eigenvalue weighted by atomic mass is 16.7. The van der Waals surface area contributed by atoms with E-state index < -0.39 is 6.16 Å². The number of ether oxygens (including phenoxy) is 2. The van der Waals surface area contributed by atoms with E-state index in [-0.39, 0.29) is 24.2 Å². The molecule has 7 heteroatoms. The number of rotatable bonds is 8. The van der Waals surface area contributed by atoms with Crippen LogP contribution in [-0.2, 0) is 11.3 Å². The van der Waals surface area contributed by atoms with Gasteiger partial charge in [0, 0.05) is 23.4 Å². The fourth-order valence-electron chi connectivity index (χ4n) is 3.56. The molecule has 4 aromatic rings. The second-order valence-electron chi connectivity index (χ2n) is 8.09. The van der Waals surface area contributed by atoms with Gasteiger partial charge in [0.2, 0.25) is 0 Å². The number of anilines is 1. The van der Waals surface area contributed by atoms with Crippen molar-refractivity contribution in [3.63, 3.8) is 0 Å². The summed E-state index contributed by atoms with van der Waals surface area (Å²) < 4.78 is 9.71. The Labute approximate surface area is 215 Å². The van der Waals surface area contributed by atoms with Crippen molar-refractivity contribution in [1.29, 1.82) is 0 Å². The molecule has 0 bridgehead atoms. The van der Waals surface area contributed by atoms with Gasteiger partial charge >= 0.3 is 6.16 Å². The first-order chi connectivity index (χ1) is 18.0. The second kappa shape index (κ2) is 12.2. The number of hydrogen-bond acceptors (Lipinski definition) is 5. The van der Waals surface area contributed by atoms with Crippen LogP contribution in [0.25, 0.3) is 11.1 Å². The summed E-state index contributed by atoms with van der Waals surface area (Å²) in [6.45, 7) is 2.26. The zero-order valence-electron chi connectivity index (χ0n) is 20.3. The molecule has 2 amide bonds. The van der Waals surface area contributed by atoms with Crippen molar-refractivity contribution in [2.75, 3.05) is 11.9 Å². The van der Waals surface area contributed by atoms with E-state index in [2.05, 4.69) is 10.6 Å². The lowest BCUT2D eigenvalue weighted by atomic mass is 10.0. The summed E-state index contributed by atoms with van der Waals surface area (Å²) in [6, 6.07) is 30.8. The van der Waals surface area contributed by atoms with Gasteiger partial charge in [-0.2, -0.15) is 0 Å². The Morgan fingerprint density at radius 1 is 0.676 bits per heavy atom. The van der Waals surface area contributed by atoms with Gasteiger partial charge in [0.25, 0.3) is 11.8 Å². The molecular formula is C30H26N2O5. The van der Waals surface area contributed by atoms with E-state index in [9.17, 15) is 14.4 Å². The highest BCUT2D eigenvalue weighted by Gasteiger charge is 2.10. The van der Waals surface area contributed by atoms with Gasteiger partial charge in [-0.3, -0.25) is 9.59 Å². The Kier molecular flexibility index (Phi) is 8.29. The first-order valence-corrected chi connectivity index (χ1v) is 11.8. The van der Waals surface area contributed by atoms with Crippen molar-refractivity contribution in [3.8, 4) is 16.9 Å². The number of carbonyl (C=O) groups excluding carboxylic acids is 3. The molecule has 7 nitrogen and oxygen atoms in total. The van der Waals surface area contributed by atoms with E-state index >= 15 is 0 Å². The van der Waals surface area contributed by atoms with Gasteiger partial charge in [0.15, 0.2) is 0 Å². The number of nitrogens with one attached hydrogen (secondary N) is 2. The third-order valence-electron chi connectivity index (χ3n) is 5.50. The molecule has 186 valence electrons. The van der Waals surface area contributed by atoms with Crippen LogP contribution in [0, 0.1) is 0 Å². The highest BCUT2D eigenvalue weighted by Crippen LogP contribution is 2.19. The smallest absolute Gasteiger partial charge is 0.434 e. The molecule has 0 aromatic heterocycles. The Balaban J connectivity index is 1.27. The van der Waals surface area contributed by atoms with Crippen molar-refractivity contribution in [2.24, 2.45) is 0 Å². The van der Waals surface area contributed by atoms with Gasteiger partial charge < -0.3 is 20.1 Å². The molecule has 0 aliphatic carbocycles. The Morgan fingerprint density at radius 2 is 1.27 bits per heavy atom. The minimum atomic E-state index is -0.794. The van der Waals surface area contributed by atoms with Crippen LogP contribution in [0.3, 0.4) is 0 Å². The van der Waals surface area contributed by atoms with Gasteiger partial charge in [-0.05, 0) is 72.1 Å². The van der Waals surface area contributed by atoms with E-state index in [1.807, 2.05) is 66.7 Å². The summed E-state index contributed by atoms with van der Waals surface area (Å²) in [5, 5.41) is 5.73. The predicted molar refractivity (Wildman–Crippen MR) is 142 cm³/mol.